The number of rotatable bonds is 5. The predicted molar refractivity (Wildman–Crippen MR) is 126 cm³/mol. The highest BCUT2D eigenvalue weighted by atomic mass is 32.1. The Bertz CT molecular complexity index is 1360. The maximum Gasteiger partial charge on any atom is 0.263 e. The molecule has 1 unspecified atom stereocenters. The van der Waals surface area contributed by atoms with E-state index in [0.717, 1.165) is 10.4 Å². The first-order valence-corrected chi connectivity index (χ1v) is 11.8. The van der Waals surface area contributed by atoms with Crippen molar-refractivity contribution in [3.63, 3.8) is 0 Å². The molecule has 4 aromatic rings. The fourth-order valence-corrected chi connectivity index (χ4v) is 5.53. The lowest BCUT2D eigenvalue weighted by atomic mass is 10.2. The molecular weight excluding hydrogens is 446 g/mol. The summed E-state index contributed by atoms with van der Waals surface area (Å²) < 4.78 is 13.0. The normalized spacial score (nSPS) is 15.1. The van der Waals surface area contributed by atoms with Crippen molar-refractivity contribution in [3.05, 3.63) is 63.3 Å². The molecule has 0 fully saturated rings. The van der Waals surface area contributed by atoms with Gasteiger partial charge in [-0.2, -0.15) is 0 Å². The Balaban J connectivity index is 1.32. The van der Waals surface area contributed by atoms with Crippen LogP contribution in [-0.2, 0) is 11.3 Å². The minimum Gasteiger partial charge on any atom is -0.486 e. The third kappa shape index (κ3) is 3.89. The second-order valence-corrected chi connectivity index (χ2v) is 9.84. The number of thiophene rings is 2. The van der Waals surface area contributed by atoms with Gasteiger partial charge in [-0.15, -0.1) is 22.7 Å². The molecule has 1 aliphatic heterocycles. The van der Waals surface area contributed by atoms with E-state index in [1.165, 1.54) is 27.1 Å². The number of amides is 1. The lowest BCUT2D eigenvalue weighted by molar-refractivity contribution is -0.132. The number of ether oxygens (including phenoxy) is 2. The van der Waals surface area contributed by atoms with Crippen LogP contribution in [0.3, 0.4) is 0 Å². The Morgan fingerprint density at radius 2 is 2.06 bits per heavy atom. The van der Waals surface area contributed by atoms with Gasteiger partial charge in [-0.1, -0.05) is 12.1 Å². The molecule has 164 valence electrons. The van der Waals surface area contributed by atoms with Crippen molar-refractivity contribution in [2.24, 2.45) is 0 Å². The van der Waals surface area contributed by atoms with E-state index in [9.17, 15) is 9.59 Å². The molecule has 0 aliphatic carbocycles. The van der Waals surface area contributed by atoms with Gasteiger partial charge in [0.2, 0.25) is 5.91 Å². The van der Waals surface area contributed by atoms with Crippen molar-refractivity contribution in [2.75, 3.05) is 20.2 Å². The van der Waals surface area contributed by atoms with E-state index >= 15 is 0 Å². The molecule has 1 atom stereocenters. The van der Waals surface area contributed by atoms with Crippen LogP contribution in [0.4, 0.5) is 0 Å². The van der Waals surface area contributed by atoms with Crippen LogP contribution < -0.4 is 15.0 Å². The summed E-state index contributed by atoms with van der Waals surface area (Å²) in [6.45, 7) is 2.67. The van der Waals surface area contributed by atoms with Crippen LogP contribution in [0.5, 0.6) is 11.5 Å². The van der Waals surface area contributed by atoms with Crippen molar-refractivity contribution < 1.29 is 14.3 Å². The number of aryl methyl sites for hydroxylation is 1. The zero-order valence-corrected chi connectivity index (χ0v) is 19.2. The number of hydrogen-bond donors (Lipinski definition) is 0. The third-order valence-electron chi connectivity index (χ3n) is 5.34. The second kappa shape index (κ2) is 8.40. The Kier molecular flexibility index (Phi) is 5.44. The second-order valence-electron chi connectivity index (χ2n) is 7.69. The maximum atomic E-state index is 13.2. The number of carbonyl (C=O) groups excluding carboxylic acids is 1. The number of likely N-dealkylation sites (N-methyl/N-ethyl adjacent to an activating group) is 1. The van der Waals surface area contributed by atoms with E-state index < -0.39 is 0 Å². The summed E-state index contributed by atoms with van der Waals surface area (Å²) in [5.74, 6) is 1.18. The van der Waals surface area contributed by atoms with Crippen molar-refractivity contribution in [2.45, 2.75) is 19.6 Å². The molecule has 0 saturated heterocycles. The van der Waals surface area contributed by atoms with E-state index in [1.807, 2.05) is 48.7 Å². The molecule has 5 rings (SSSR count). The smallest absolute Gasteiger partial charge is 0.263 e. The van der Waals surface area contributed by atoms with Gasteiger partial charge in [-0.25, -0.2) is 4.98 Å². The Hall–Kier alpha value is -3.17. The SMILES string of the molecule is Cc1ccc(-c2csc3ncn(CC(=O)N(C)CC4COc5ccccc5O4)c(=O)c23)s1. The zero-order valence-electron chi connectivity index (χ0n) is 17.6. The van der Waals surface area contributed by atoms with Gasteiger partial charge in [-0.05, 0) is 31.2 Å². The first kappa shape index (κ1) is 20.7. The first-order valence-electron chi connectivity index (χ1n) is 10.2. The minimum atomic E-state index is -0.276. The highest BCUT2D eigenvalue weighted by Crippen LogP contribution is 2.35. The largest absolute Gasteiger partial charge is 0.486 e. The Morgan fingerprint density at radius 3 is 2.84 bits per heavy atom. The summed E-state index contributed by atoms with van der Waals surface area (Å²) in [6.07, 6.45) is 1.18. The van der Waals surface area contributed by atoms with Crippen LogP contribution in [0.2, 0.25) is 0 Å². The van der Waals surface area contributed by atoms with Crippen LogP contribution >= 0.6 is 22.7 Å². The van der Waals surface area contributed by atoms with Gasteiger partial charge < -0.3 is 14.4 Å². The fourth-order valence-electron chi connectivity index (χ4n) is 3.67. The summed E-state index contributed by atoms with van der Waals surface area (Å²) in [4.78, 5) is 34.9. The summed E-state index contributed by atoms with van der Waals surface area (Å²) >= 11 is 3.08. The van der Waals surface area contributed by atoms with E-state index in [-0.39, 0.29) is 24.1 Å². The standard InChI is InChI=1S/C23H21N3O4S2/c1-14-7-8-19(32-14)16-12-31-22-21(16)23(28)26(13-24-22)10-20(27)25(2)9-15-11-29-17-5-3-4-6-18(17)30-15/h3-8,12-13,15H,9-11H2,1-2H3. The lowest BCUT2D eigenvalue weighted by Gasteiger charge is -2.29. The summed E-state index contributed by atoms with van der Waals surface area (Å²) in [5, 5.41) is 2.52. The molecule has 1 amide bonds. The number of aromatic nitrogens is 2. The van der Waals surface area contributed by atoms with E-state index in [4.69, 9.17) is 9.47 Å². The first-order chi connectivity index (χ1) is 15.5. The number of benzene rings is 1. The number of carbonyl (C=O) groups is 1. The molecule has 4 heterocycles. The number of fused-ring (bicyclic) bond motifs is 2. The molecule has 0 saturated carbocycles. The molecule has 9 heteroatoms. The molecule has 0 N–H and O–H groups in total. The Morgan fingerprint density at radius 1 is 1.25 bits per heavy atom. The molecule has 3 aromatic heterocycles. The van der Waals surface area contributed by atoms with Gasteiger partial charge >= 0.3 is 0 Å². The molecule has 0 spiro atoms. The van der Waals surface area contributed by atoms with Crippen molar-refractivity contribution >= 4 is 38.8 Å². The molecule has 1 aromatic carbocycles. The molecular formula is C23H21N3O4S2. The van der Waals surface area contributed by atoms with Crippen LogP contribution in [0, 0.1) is 6.92 Å². The maximum absolute atomic E-state index is 13.2. The predicted octanol–water partition coefficient (Wildman–Crippen LogP) is 3.79. The van der Waals surface area contributed by atoms with Crippen LogP contribution in [0.25, 0.3) is 20.7 Å². The highest BCUT2D eigenvalue weighted by Gasteiger charge is 2.24. The van der Waals surface area contributed by atoms with Gasteiger partial charge in [0.25, 0.3) is 5.56 Å². The van der Waals surface area contributed by atoms with Gasteiger partial charge in [-0.3, -0.25) is 14.2 Å². The number of para-hydroxylation sites is 2. The minimum absolute atomic E-state index is 0.0822. The molecule has 0 radical (unpaired) electrons. The average molecular weight is 468 g/mol. The van der Waals surface area contributed by atoms with Gasteiger partial charge in [0.05, 0.1) is 18.3 Å². The number of hydrogen-bond acceptors (Lipinski definition) is 7. The van der Waals surface area contributed by atoms with Gasteiger partial charge in [0.15, 0.2) is 17.6 Å². The Labute approximate surface area is 192 Å². The third-order valence-corrected chi connectivity index (χ3v) is 7.26. The highest BCUT2D eigenvalue weighted by molar-refractivity contribution is 7.19. The summed E-state index contributed by atoms with van der Waals surface area (Å²) in [6, 6.07) is 11.5. The van der Waals surface area contributed by atoms with Gasteiger partial charge in [0.1, 0.15) is 18.0 Å². The van der Waals surface area contributed by atoms with Crippen molar-refractivity contribution in [3.8, 4) is 21.9 Å². The van der Waals surface area contributed by atoms with Crippen molar-refractivity contribution in [1.82, 2.24) is 14.5 Å². The molecule has 32 heavy (non-hydrogen) atoms. The van der Waals surface area contributed by atoms with Crippen molar-refractivity contribution in [1.29, 1.82) is 0 Å². The fraction of sp³-hybridized carbons (Fsp3) is 0.261. The zero-order chi connectivity index (χ0) is 22.2. The summed E-state index contributed by atoms with van der Waals surface area (Å²) in [7, 11) is 1.70. The van der Waals surface area contributed by atoms with Gasteiger partial charge in [0, 0.05) is 27.7 Å². The van der Waals surface area contributed by atoms with Crippen LogP contribution in [-0.4, -0.2) is 46.7 Å². The topological polar surface area (TPSA) is 73.7 Å². The van der Waals surface area contributed by atoms with Crippen LogP contribution in [0.15, 0.2) is 52.9 Å². The molecule has 7 nitrogen and oxygen atoms in total. The molecule has 1 aliphatic rings. The van der Waals surface area contributed by atoms with E-state index in [1.54, 1.807) is 23.3 Å². The number of nitrogens with zero attached hydrogens (tertiary/aromatic N) is 3. The molecule has 0 bridgehead atoms. The summed E-state index contributed by atoms with van der Waals surface area (Å²) in [5.41, 5.74) is 0.674. The lowest BCUT2D eigenvalue weighted by Crippen LogP contribution is -2.43. The van der Waals surface area contributed by atoms with E-state index in [0.29, 0.717) is 34.9 Å². The van der Waals surface area contributed by atoms with E-state index in [2.05, 4.69) is 4.98 Å². The quantitative estimate of drug-likeness (QED) is 0.447. The van der Waals surface area contributed by atoms with Crippen LogP contribution in [0.1, 0.15) is 4.88 Å². The monoisotopic (exact) mass is 467 g/mol. The average Bonchev–Trinajstić information content (AvgIpc) is 3.42.